The topological polar surface area (TPSA) is 64.1 Å². The minimum Gasteiger partial charge on any atom is -0.492 e. The van der Waals surface area contributed by atoms with Crippen molar-refractivity contribution in [2.75, 3.05) is 11.9 Å². The lowest BCUT2D eigenvalue weighted by atomic mass is 10.3. The number of ether oxygens (including phenoxy) is 1. The number of hydrogen-bond donors (Lipinski definition) is 1. The van der Waals surface area contributed by atoms with Crippen molar-refractivity contribution in [3.8, 4) is 5.75 Å². The summed E-state index contributed by atoms with van der Waals surface area (Å²) in [5.41, 5.74) is 1.56. The van der Waals surface area contributed by atoms with Crippen LogP contribution >= 0.6 is 34.5 Å². The van der Waals surface area contributed by atoms with Crippen molar-refractivity contribution in [3.05, 3.63) is 33.8 Å². The van der Waals surface area contributed by atoms with E-state index in [1.807, 2.05) is 0 Å². The number of hydrogen-bond acceptors (Lipinski definition) is 5. The van der Waals surface area contributed by atoms with E-state index >= 15 is 0 Å². The Morgan fingerprint density at radius 1 is 1.40 bits per heavy atom. The molecule has 8 heteroatoms. The first-order valence-corrected chi connectivity index (χ1v) is 7.42. The Hall–Kier alpha value is -1.37. The number of rotatable bonds is 6. The molecular weight excluding hydrogens is 321 g/mol. The molecule has 0 saturated carbocycles. The third kappa shape index (κ3) is 4.63. The lowest BCUT2D eigenvalue weighted by Crippen LogP contribution is -2.12. The van der Waals surface area contributed by atoms with Gasteiger partial charge < -0.3 is 10.1 Å². The molecule has 2 aromatic rings. The van der Waals surface area contributed by atoms with Gasteiger partial charge in [0.25, 0.3) is 0 Å². The maximum atomic E-state index is 11.6. The van der Waals surface area contributed by atoms with E-state index in [2.05, 4.69) is 15.5 Å². The molecule has 0 aliphatic rings. The fraction of sp³-hybridized carbons (Fsp3) is 0.250. The lowest BCUT2D eigenvalue weighted by Gasteiger charge is -2.07. The van der Waals surface area contributed by atoms with Gasteiger partial charge in [0.15, 0.2) is 0 Å². The average Bonchev–Trinajstić information content (AvgIpc) is 2.89. The molecule has 1 amide bonds. The average molecular weight is 332 g/mol. The maximum Gasteiger partial charge on any atom is 0.226 e. The van der Waals surface area contributed by atoms with E-state index in [0.29, 0.717) is 40.4 Å². The molecule has 0 unspecified atom stereocenters. The molecule has 5 nitrogen and oxygen atoms in total. The van der Waals surface area contributed by atoms with E-state index in [1.54, 1.807) is 23.7 Å². The van der Waals surface area contributed by atoms with E-state index in [0.717, 1.165) is 0 Å². The van der Waals surface area contributed by atoms with Gasteiger partial charge in [-0.3, -0.25) is 4.79 Å². The fourth-order valence-corrected chi connectivity index (χ4v) is 2.34. The van der Waals surface area contributed by atoms with Gasteiger partial charge in [0, 0.05) is 11.4 Å². The predicted octanol–water partition coefficient (Wildman–Crippen LogP) is 3.64. The van der Waals surface area contributed by atoms with Crippen molar-refractivity contribution in [3.63, 3.8) is 0 Å². The summed E-state index contributed by atoms with van der Waals surface area (Å²) in [6.07, 6.45) is 0.911. The van der Waals surface area contributed by atoms with Crippen LogP contribution in [0.2, 0.25) is 10.0 Å². The summed E-state index contributed by atoms with van der Waals surface area (Å²) < 4.78 is 5.48. The van der Waals surface area contributed by atoms with Crippen LogP contribution in [0, 0.1) is 0 Å². The largest absolute Gasteiger partial charge is 0.492 e. The van der Waals surface area contributed by atoms with E-state index in [4.69, 9.17) is 27.9 Å². The van der Waals surface area contributed by atoms with Crippen molar-refractivity contribution in [2.24, 2.45) is 0 Å². The Labute approximate surface area is 129 Å². The van der Waals surface area contributed by atoms with Crippen molar-refractivity contribution in [2.45, 2.75) is 12.8 Å². The Balaban J connectivity index is 1.69. The first kappa shape index (κ1) is 15.0. The molecule has 106 valence electrons. The van der Waals surface area contributed by atoms with Crippen molar-refractivity contribution in [1.82, 2.24) is 10.2 Å². The summed E-state index contributed by atoms with van der Waals surface area (Å²) in [6.45, 7) is 0.394. The van der Waals surface area contributed by atoms with Crippen LogP contribution in [0.3, 0.4) is 0 Å². The van der Waals surface area contributed by atoms with Crippen LogP contribution in [0.25, 0.3) is 0 Å². The van der Waals surface area contributed by atoms with Crippen molar-refractivity contribution < 1.29 is 9.53 Å². The number of carbonyl (C=O) groups is 1. The van der Waals surface area contributed by atoms with E-state index < -0.39 is 0 Å². The number of anilines is 1. The summed E-state index contributed by atoms with van der Waals surface area (Å²) >= 11 is 13.0. The highest BCUT2D eigenvalue weighted by Crippen LogP contribution is 2.27. The summed E-state index contributed by atoms with van der Waals surface area (Å²) in [7, 11) is 0. The molecule has 1 aromatic heterocycles. The molecule has 0 bridgehead atoms. The molecule has 0 spiro atoms. The maximum absolute atomic E-state index is 11.6. The molecule has 1 aromatic carbocycles. The van der Waals surface area contributed by atoms with Gasteiger partial charge in [-0.1, -0.05) is 34.5 Å². The molecule has 0 saturated heterocycles. The number of benzene rings is 1. The third-order valence-electron chi connectivity index (χ3n) is 2.31. The van der Waals surface area contributed by atoms with Gasteiger partial charge in [-0.15, -0.1) is 10.2 Å². The van der Waals surface area contributed by atoms with Crippen LogP contribution < -0.4 is 10.1 Å². The van der Waals surface area contributed by atoms with E-state index in [9.17, 15) is 4.79 Å². The molecular formula is C12H11Cl2N3O2S. The molecule has 0 aliphatic carbocycles. The van der Waals surface area contributed by atoms with Crippen LogP contribution in [0.4, 0.5) is 5.13 Å². The van der Waals surface area contributed by atoms with Gasteiger partial charge >= 0.3 is 0 Å². The summed E-state index contributed by atoms with van der Waals surface area (Å²) in [5.74, 6) is 0.438. The first-order valence-electron chi connectivity index (χ1n) is 5.79. The highest BCUT2D eigenvalue weighted by atomic mass is 35.5. The second-order valence-electron chi connectivity index (χ2n) is 3.82. The van der Waals surface area contributed by atoms with Crippen molar-refractivity contribution in [1.29, 1.82) is 0 Å². The minimum absolute atomic E-state index is 0.118. The predicted molar refractivity (Wildman–Crippen MR) is 79.7 cm³/mol. The highest BCUT2D eigenvalue weighted by Gasteiger charge is 2.06. The quantitative estimate of drug-likeness (QED) is 0.820. The van der Waals surface area contributed by atoms with Crippen LogP contribution in [0.1, 0.15) is 12.8 Å². The van der Waals surface area contributed by atoms with Crippen LogP contribution in [-0.2, 0) is 4.79 Å². The van der Waals surface area contributed by atoms with Gasteiger partial charge in [0.2, 0.25) is 11.0 Å². The smallest absolute Gasteiger partial charge is 0.226 e. The highest BCUT2D eigenvalue weighted by molar-refractivity contribution is 7.13. The monoisotopic (exact) mass is 331 g/mol. The Bertz CT molecular complexity index is 578. The van der Waals surface area contributed by atoms with Crippen LogP contribution in [0.15, 0.2) is 23.7 Å². The van der Waals surface area contributed by atoms with Gasteiger partial charge in [-0.05, 0) is 24.6 Å². The van der Waals surface area contributed by atoms with Gasteiger partial charge in [0.05, 0.1) is 11.6 Å². The molecule has 0 radical (unpaired) electrons. The molecule has 1 N–H and O–H groups in total. The normalized spacial score (nSPS) is 10.3. The summed E-state index contributed by atoms with van der Waals surface area (Å²) in [5, 5.41) is 11.5. The number of nitrogens with zero attached hydrogens (tertiary/aromatic N) is 2. The number of halogens is 2. The fourth-order valence-electron chi connectivity index (χ4n) is 1.42. The zero-order valence-corrected chi connectivity index (χ0v) is 12.6. The van der Waals surface area contributed by atoms with Gasteiger partial charge in [-0.2, -0.15) is 0 Å². The standard InChI is InChI=1S/C12H11Cl2N3O2S/c13-8-3-4-10(9(14)6-8)19-5-1-2-11(18)16-12-17-15-7-20-12/h3-4,6-7H,1-2,5H2,(H,16,17,18). The molecule has 1 heterocycles. The summed E-state index contributed by atoms with van der Waals surface area (Å²) in [4.78, 5) is 11.6. The van der Waals surface area contributed by atoms with Crippen molar-refractivity contribution >= 4 is 45.6 Å². The molecule has 0 fully saturated rings. The Morgan fingerprint density at radius 2 is 2.25 bits per heavy atom. The molecule has 0 aliphatic heterocycles. The first-order chi connectivity index (χ1) is 9.65. The van der Waals surface area contributed by atoms with E-state index in [-0.39, 0.29) is 5.91 Å². The third-order valence-corrected chi connectivity index (χ3v) is 3.44. The van der Waals surface area contributed by atoms with E-state index in [1.165, 1.54) is 11.3 Å². The number of amides is 1. The second-order valence-corrected chi connectivity index (χ2v) is 5.50. The molecule has 2 rings (SSSR count). The zero-order valence-electron chi connectivity index (χ0n) is 10.3. The number of nitrogens with one attached hydrogen (secondary N) is 1. The second kappa shape index (κ2) is 7.42. The Kier molecular flexibility index (Phi) is 5.58. The minimum atomic E-state index is -0.118. The van der Waals surface area contributed by atoms with Crippen LogP contribution in [0.5, 0.6) is 5.75 Å². The number of carbonyl (C=O) groups excluding carboxylic acids is 1. The Morgan fingerprint density at radius 3 is 2.95 bits per heavy atom. The summed E-state index contributed by atoms with van der Waals surface area (Å²) in [6, 6.07) is 5.01. The number of aromatic nitrogens is 2. The van der Waals surface area contributed by atoms with Crippen LogP contribution in [-0.4, -0.2) is 22.7 Å². The molecule has 20 heavy (non-hydrogen) atoms. The zero-order chi connectivity index (χ0) is 14.4. The lowest BCUT2D eigenvalue weighted by molar-refractivity contribution is -0.116. The van der Waals surface area contributed by atoms with Gasteiger partial charge in [-0.25, -0.2) is 0 Å². The van der Waals surface area contributed by atoms with Gasteiger partial charge in [0.1, 0.15) is 11.3 Å². The molecule has 0 atom stereocenters. The SMILES string of the molecule is O=C(CCCOc1ccc(Cl)cc1Cl)Nc1nncs1.